The molecule has 1 amide bonds. The van der Waals surface area contributed by atoms with Crippen LogP contribution in [0.5, 0.6) is 0 Å². The highest BCUT2D eigenvalue weighted by Gasteiger charge is 2.21. The first-order chi connectivity index (χ1) is 9.29. The van der Waals surface area contributed by atoms with Gasteiger partial charge in [0.05, 0.1) is 23.6 Å². The van der Waals surface area contributed by atoms with E-state index in [2.05, 4.69) is 34.3 Å². The van der Waals surface area contributed by atoms with Gasteiger partial charge in [0.25, 0.3) is 0 Å². The molecule has 1 aromatic rings. The molecule has 0 fully saturated rings. The quantitative estimate of drug-likeness (QED) is 0.702. The molecule has 6 heteroatoms. The Morgan fingerprint density at radius 2 is 2.10 bits per heavy atom. The molecule has 1 rings (SSSR count). The highest BCUT2D eigenvalue weighted by atomic mass is 16.2. The lowest BCUT2D eigenvalue weighted by Crippen LogP contribution is -2.42. The van der Waals surface area contributed by atoms with Crippen LogP contribution in [0.25, 0.3) is 0 Å². The number of rotatable bonds is 7. The number of nitrogens with zero attached hydrogens (tertiary/aromatic N) is 2. The van der Waals surface area contributed by atoms with E-state index in [0.717, 1.165) is 30.2 Å². The van der Waals surface area contributed by atoms with Crippen LogP contribution in [0.15, 0.2) is 0 Å². The Labute approximate surface area is 121 Å². The monoisotopic (exact) mass is 281 g/mol. The fourth-order valence-electron chi connectivity index (χ4n) is 2.07. The Hall–Kier alpha value is -1.40. The number of carbonyl (C=O) groups is 1. The molecule has 0 aromatic carbocycles. The summed E-state index contributed by atoms with van der Waals surface area (Å²) in [6, 6.07) is 0. The summed E-state index contributed by atoms with van der Waals surface area (Å²) in [6.45, 7) is 12.6. The standard InChI is InChI=1S/C14H27N5O/c1-6-19(9-14(4,5)8-15)7-12(20)16-13-10(2)17-18-11(13)3/h6-9,15H2,1-5H3,(H,16,20)(H,17,18). The lowest BCUT2D eigenvalue weighted by Gasteiger charge is -2.30. The Morgan fingerprint density at radius 3 is 2.55 bits per heavy atom. The van der Waals surface area contributed by atoms with Gasteiger partial charge in [0.1, 0.15) is 0 Å². The third kappa shape index (κ3) is 4.61. The third-order valence-corrected chi connectivity index (χ3v) is 3.41. The smallest absolute Gasteiger partial charge is 0.238 e. The summed E-state index contributed by atoms with van der Waals surface area (Å²) in [5, 5.41) is 9.85. The van der Waals surface area contributed by atoms with Crippen LogP contribution in [0.4, 0.5) is 5.69 Å². The summed E-state index contributed by atoms with van der Waals surface area (Å²) in [5.41, 5.74) is 8.23. The van der Waals surface area contributed by atoms with Crippen molar-refractivity contribution in [3.05, 3.63) is 11.4 Å². The van der Waals surface area contributed by atoms with Crippen LogP contribution < -0.4 is 11.1 Å². The van der Waals surface area contributed by atoms with Gasteiger partial charge in [0.2, 0.25) is 5.91 Å². The fourth-order valence-corrected chi connectivity index (χ4v) is 2.07. The molecular formula is C14H27N5O. The van der Waals surface area contributed by atoms with E-state index in [-0.39, 0.29) is 11.3 Å². The highest BCUT2D eigenvalue weighted by Crippen LogP contribution is 2.17. The molecule has 0 atom stereocenters. The summed E-state index contributed by atoms with van der Waals surface area (Å²) in [7, 11) is 0. The van der Waals surface area contributed by atoms with Gasteiger partial charge in [-0.1, -0.05) is 20.8 Å². The number of aromatic nitrogens is 2. The van der Waals surface area contributed by atoms with Crippen LogP contribution in [-0.2, 0) is 4.79 Å². The molecular weight excluding hydrogens is 254 g/mol. The number of aryl methyl sites for hydroxylation is 2. The molecule has 0 spiro atoms. The highest BCUT2D eigenvalue weighted by molar-refractivity contribution is 5.93. The van der Waals surface area contributed by atoms with E-state index in [1.165, 1.54) is 0 Å². The van der Waals surface area contributed by atoms with Crippen LogP contribution in [0.1, 0.15) is 32.2 Å². The number of aromatic amines is 1. The Balaban J connectivity index is 2.60. The van der Waals surface area contributed by atoms with Crippen molar-refractivity contribution in [1.29, 1.82) is 0 Å². The topological polar surface area (TPSA) is 87.0 Å². The maximum absolute atomic E-state index is 12.1. The zero-order valence-corrected chi connectivity index (χ0v) is 13.2. The minimum atomic E-state index is -0.0210. The van der Waals surface area contributed by atoms with Crippen LogP contribution >= 0.6 is 0 Å². The second-order valence-electron chi connectivity index (χ2n) is 6.03. The van der Waals surface area contributed by atoms with Crippen molar-refractivity contribution in [2.24, 2.45) is 11.1 Å². The van der Waals surface area contributed by atoms with Crippen molar-refractivity contribution in [2.75, 3.05) is 31.5 Å². The van der Waals surface area contributed by atoms with E-state index < -0.39 is 0 Å². The minimum Gasteiger partial charge on any atom is -0.330 e. The number of nitrogens with one attached hydrogen (secondary N) is 2. The largest absolute Gasteiger partial charge is 0.330 e. The lowest BCUT2D eigenvalue weighted by molar-refractivity contribution is -0.117. The predicted octanol–water partition coefficient (Wildman–Crippen LogP) is 1.27. The van der Waals surface area contributed by atoms with Gasteiger partial charge in [0, 0.05) is 6.54 Å². The molecule has 0 saturated heterocycles. The number of carbonyl (C=O) groups excluding carboxylic acids is 1. The number of nitrogens with two attached hydrogens (primary N) is 1. The first-order valence-corrected chi connectivity index (χ1v) is 7.03. The number of hydrogen-bond donors (Lipinski definition) is 3. The summed E-state index contributed by atoms with van der Waals surface area (Å²) in [6.07, 6.45) is 0. The molecule has 1 heterocycles. The number of amides is 1. The predicted molar refractivity (Wildman–Crippen MR) is 81.6 cm³/mol. The molecule has 0 saturated carbocycles. The van der Waals surface area contributed by atoms with Crippen LogP contribution in [-0.4, -0.2) is 47.2 Å². The lowest BCUT2D eigenvalue weighted by atomic mass is 9.93. The van der Waals surface area contributed by atoms with Crippen LogP contribution in [0, 0.1) is 19.3 Å². The summed E-state index contributed by atoms with van der Waals surface area (Å²) in [5.74, 6) is -0.0210. The molecule has 4 N–H and O–H groups in total. The second-order valence-corrected chi connectivity index (χ2v) is 6.03. The average molecular weight is 281 g/mol. The van der Waals surface area contributed by atoms with E-state index in [9.17, 15) is 4.79 Å². The normalized spacial score (nSPS) is 11.9. The number of anilines is 1. The van der Waals surface area contributed by atoms with Crippen molar-refractivity contribution < 1.29 is 4.79 Å². The molecule has 0 radical (unpaired) electrons. The van der Waals surface area contributed by atoms with Crippen molar-refractivity contribution in [3.63, 3.8) is 0 Å². The van der Waals surface area contributed by atoms with Crippen LogP contribution in [0.3, 0.4) is 0 Å². The Kier molecular flexibility index (Phi) is 5.71. The summed E-state index contributed by atoms with van der Waals surface area (Å²) < 4.78 is 0. The van der Waals surface area contributed by atoms with E-state index in [1.807, 2.05) is 20.8 Å². The van der Waals surface area contributed by atoms with Gasteiger partial charge in [-0.2, -0.15) is 5.10 Å². The third-order valence-electron chi connectivity index (χ3n) is 3.41. The van der Waals surface area contributed by atoms with Gasteiger partial charge in [-0.15, -0.1) is 0 Å². The fraction of sp³-hybridized carbons (Fsp3) is 0.714. The first kappa shape index (κ1) is 16.7. The number of H-pyrrole nitrogens is 1. The van der Waals surface area contributed by atoms with Gasteiger partial charge >= 0.3 is 0 Å². The molecule has 0 aliphatic rings. The summed E-state index contributed by atoms with van der Waals surface area (Å²) >= 11 is 0. The van der Waals surface area contributed by atoms with Gasteiger partial charge in [-0.25, -0.2) is 0 Å². The maximum atomic E-state index is 12.1. The Bertz CT molecular complexity index is 433. The van der Waals surface area contributed by atoms with Gasteiger partial charge < -0.3 is 11.1 Å². The Morgan fingerprint density at radius 1 is 1.45 bits per heavy atom. The maximum Gasteiger partial charge on any atom is 0.238 e. The molecule has 1 aromatic heterocycles. The van der Waals surface area contributed by atoms with Crippen molar-refractivity contribution >= 4 is 11.6 Å². The minimum absolute atomic E-state index is 0.0117. The number of hydrogen-bond acceptors (Lipinski definition) is 4. The van der Waals surface area contributed by atoms with E-state index in [0.29, 0.717) is 13.1 Å². The number of likely N-dealkylation sites (N-methyl/N-ethyl adjacent to an activating group) is 1. The molecule has 0 bridgehead atoms. The summed E-state index contributed by atoms with van der Waals surface area (Å²) in [4.78, 5) is 14.2. The molecule has 0 aliphatic heterocycles. The molecule has 0 unspecified atom stereocenters. The van der Waals surface area contributed by atoms with E-state index in [4.69, 9.17) is 5.73 Å². The van der Waals surface area contributed by atoms with Crippen molar-refractivity contribution in [1.82, 2.24) is 15.1 Å². The zero-order valence-electron chi connectivity index (χ0n) is 13.2. The van der Waals surface area contributed by atoms with Gasteiger partial charge in [0.15, 0.2) is 0 Å². The first-order valence-electron chi connectivity index (χ1n) is 7.03. The van der Waals surface area contributed by atoms with Crippen LogP contribution in [0.2, 0.25) is 0 Å². The molecule has 114 valence electrons. The second kappa shape index (κ2) is 6.85. The molecule has 6 nitrogen and oxygen atoms in total. The SMILES string of the molecule is CCN(CC(=O)Nc1c(C)n[nH]c1C)CC(C)(C)CN. The van der Waals surface area contributed by atoms with Crippen molar-refractivity contribution in [3.8, 4) is 0 Å². The van der Waals surface area contributed by atoms with E-state index >= 15 is 0 Å². The van der Waals surface area contributed by atoms with Crippen molar-refractivity contribution in [2.45, 2.75) is 34.6 Å². The molecule has 0 aliphatic carbocycles. The van der Waals surface area contributed by atoms with Gasteiger partial charge in [-0.3, -0.25) is 14.8 Å². The van der Waals surface area contributed by atoms with E-state index in [1.54, 1.807) is 0 Å². The zero-order chi connectivity index (χ0) is 15.3. The molecule has 20 heavy (non-hydrogen) atoms. The average Bonchev–Trinajstić information content (AvgIpc) is 2.69. The van der Waals surface area contributed by atoms with Gasteiger partial charge in [-0.05, 0) is 32.4 Å².